The van der Waals surface area contributed by atoms with Crippen LogP contribution in [0.5, 0.6) is 0 Å². The quantitative estimate of drug-likeness (QED) is 0.573. The second-order valence-corrected chi connectivity index (χ2v) is 3.28. The van der Waals surface area contributed by atoms with E-state index in [-0.39, 0.29) is 0 Å². The summed E-state index contributed by atoms with van der Waals surface area (Å²) in [5.41, 5.74) is -0.633. The van der Waals surface area contributed by atoms with E-state index in [0.717, 1.165) is 18.2 Å². The van der Waals surface area contributed by atoms with Gasteiger partial charge >= 0.3 is 5.38 Å². The van der Waals surface area contributed by atoms with E-state index in [4.69, 9.17) is 11.6 Å². The van der Waals surface area contributed by atoms with Gasteiger partial charge in [-0.3, -0.25) is 4.79 Å². The van der Waals surface area contributed by atoms with Gasteiger partial charge in [0.1, 0.15) is 5.82 Å². The lowest BCUT2D eigenvalue weighted by Crippen LogP contribution is -2.21. The van der Waals surface area contributed by atoms with Crippen LogP contribution in [0.25, 0.3) is 0 Å². The molecule has 0 saturated heterocycles. The summed E-state index contributed by atoms with van der Waals surface area (Å²) in [7, 11) is 0. The number of ketones is 1. The minimum atomic E-state index is -4.07. The summed E-state index contributed by atoms with van der Waals surface area (Å²) >= 11 is 9.78. The van der Waals surface area contributed by atoms with E-state index >= 15 is 0 Å². The molecule has 1 nitrogen and oxygen atoms in total. The molecule has 6 heteroatoms. The number of carbonyl (C=O) groups excluding carboxylic acids is 1. The van der Waals surface area contributed by atoms with E-state index in [1.54, 1.807) is 0 Å². The molecule has 0 fully saturated rings. The lowest BCUT2D eigenvalue weighted by atomic mass is 10.1. The van der Waals surface area contributed by atoms with Crippen LogP contribution in [-0.4, -0.2) is 11.2 Å². The largest absolute Gasteiger partial charge is 0.384 e. The molecule has 0 saturated carbocycles. The van der Waals surface area contributed by atoms with Gasteiger partial charge in [-0.05, 0) is 23.7 Å². The number of rotatable bonds is 2. The molecule has 0 radical (unpaired) electrons. The Kier molecular flexibility index (Phi) is 3.07. The van der Waals surface area contributed by atoms with Gasteiger partial charge in [-0.1, -0.05) is 17.7 Å². The summed E-state index contributed by atoms with van der Waals surface area (Å²) in [5, 5.41) is -4.73. The molecule has 0 heterocycles. The van der Waals surface area contributed by atoms with E-state index in [1.807, 2.05) is 0 Å². The molecule has 1 rings (SSSR count). The van der Waals surface area contributed by atoms with Crippen molar-refractivity contribution in [2.24, 2.45) is 0 Å². The molecule has 0 spiro atoms. The Hall–Kier alpha value is -0.740. The first kappa shape index (κ1) is 11.3. The van der Waals surface area contributed by atoms with Crippen LogP contribution in [-0.2, 0) is 0 Å². The zero-order valence-corrected chi connectivity index (χ0v) is 8.04. The number of hydrogen-bond donors (Lipinski definition) is 0. The number of benzene rings is 1. The van der Waals surface area contributed by atoms with Gasteiger partial charge in [-0.15, -0.1) is 0 Å². The summed E-state index contributed by atoms with van der Waals surface area (Å²) in [5.74, 6) is -2.66. The Balaban J connectivity index is 3.21. The minimum Gasteiger partial charge on any atom is -0.286 e. The lowest BCUT2D eigenvalue weighted by Gasteiger charge is -2.07. The molecular formula is C8H3Cl2F3O. The third-order valence-electron chi connectivity index (χ3n) is 1.45. The van der Waals surface area contributed by atoms with E-state index in [1.165, 1.54) is 0 Å². The summed E-state index contributed by atoms with van der Waals surface area (Å²) in [6.07, 6.45) is 0. The smallest absolute Gasteiger partial charge is 0.286 e. The Morgan fingerprint density at radius 3 is 2.43 bits per heavy atom. The maximum Gasteiger partial charge on any atom is 0.384 e. The molecule has 0 aliphatic carbocycles. The van der Waals surface area contributed by atoms with Crippen LogP contribution in [0.1, 0.15) is 10.4 Å². The van der Waals surface area contributed by atoms with Crippen LogP contribution in [0, 0.1) is 5.82 Å². The molecule has 0 aliphatic heterocycles. The van der Waals surface area contributed by atoms with E-state index < -0.39 is 27.6 Å². The predicted octanol–water partition coefficient (Wildman–Crippen LogP) is 3.49. The Labute approximate surface area is 87.4 Å². The molecule has 76 valence electrons. The predicted molar refractivity (Wildman–Crippen MR) is 46.5 cm³/mol. The van der Waals surface area contributed by atoms with E-state index in [0.29, 0.717) is 0 Å². The van der Waals surface area contributed by atoms with Crippen LogP contribution in [0.3, 0.4) is 0 Å². The van der Waals surface area contributed by atoms with Gasteiger partial charge in [0, 0.05) is 5.56 Å². The first-order valence-electron chi connectivity index (χ1n) is 3.39. The van der Waals surface area contributed by atoms with Crippen molar-refractivity contribution in [3.8, 4) is 0 Å². The average Bonchev–Trinajstić information content (AvgIpc) is 2.07. The van der Waals surface area contributed by atoms with Gasteiger partial charge in [-0.2, -0.15) is 8.78 Å². The van der Waals surface area contributed by atoms with Crippen molar-refractivity contribution in [3.05, 3.63) is 34.6 Å². The second kappa shape index (κ2) is 3.79. The number of carbonyl (C=O) groups is 1. The molecule has 1 aromatic carbocycles. The number of halogens is 5. The Morgan fingerprint density at radius 2 is 1.93 bits per heavy atom. The number of Topliss-reactive ketones (excluding diaryl/α,β-unsaturated/α-hetero) is 1. The maximum absolute atomic E-state index is 12.8. The highest BCUT2D eigenvalue weighted by Gasteiger charge is 2.38. The highest BCUT2D eigenvalue weighted by Crippen LogP contribution is 2.29. The fraction of sp³-hybridized carbons (Fsp3) is 0.125. The zero-order chi connectivity index (χ0) is 10.9. The number of hydrogen-bond acceptors (Lipinski definition) is 1. The average molecular weight is 243 g/mol. The van der Waals surface area contributed by atoms with Crippen molar-refractivity contribution < 1.29 is 18.0 Å². The SMILES string of the molecule is O=C(c1cccc(F)c1Cl)C(F)(F)Cl. The highest BCUT2D eigenvalue weighted by atomic mass is 35.5. The van der Waals surface area contributed by atoms with Gasteiger partial charge in [0.05, 0.1) is 5.02 Å². The molecule has 0 aromatic heterocycles. The van der Waals surface area contributed by atoms with Crippen molar-refractivity contribution in [2.75, 3.05) is 0 Å². The normalized spacial score (nSPS) is 11.5. The van der Waals surface area contributed by atoms with Crippen molar-refractivity contribution in [1.29, 1.82) is 0 Å². The lowest BCUT2D eigenvalue weighted by molar-refractivity contribution is 0.0536. The topological polar surface area (TPSA) is 17.1 Å². The number of alkyl halides is 3. The molecule has 0 bridgehead atoms. The van der Waals surface area contributed by atoms with Crippen LogP contribution in [0.4, 0.5) is 13.2 Å². The third-order valence-corrected chi connectivity index (χ3v) is 2.01. The second-order valence-electron chi connectivity index (χ2n) is 2.43. The summed E-state index contributed by atoms with van der Waals surface area (Å²) in [6.45, 7) is 0. The molecule has 14 heavy (non-hydrogen) atoms. The van der Waals surface area contributed by atoms with E-state index in [9.17, 15) is 18.0 Å². The molecule has 0 amide bonds. The summed E-state index contributed by atoms with van der Waals surface area (Å²) < 4.78 is 37.5. The molecule has 0 unspecified atom stereocenters. The Bertz CT molecular complexity index is 373. The maximum atomic E-state index is 12.8. The molecule has 1 aromatic rings. The van der Waals surface area contributed by atoms with Crippen molar-refractivity contribution >= 4 is 29.0 Å². The standard InChI is InChI=1S/C8H3Cl2F3O/c9-6-4(2-1-3-5(6)11)7(14)8(10,12)13/h1-3H. The van der Waals surface area contributed by atoms with Crippen LogP contribution < -0.4 is 0 Å². The van der Waals surface area contributed by atoms with Gasteiger partial charge in [0.15, 0.2) is 0 Å². The fourth-order valence-corrected chi connectivity index (χ4v) is 1.15. The first-order chi connectivity index (χ1) is 6.34. The molecule has 0 N–H and O–H groups in total. The van der Waals surface area contributed by atoms with Crippen LogP contribution in [0.2, 0.25) is 5.02 Å². The first-order valence-corrected chi connectivity index (χ1v) is 4.15. The van der Waals surface area contributed by atoms with Crippen molar-refractivity contribution in [1.82, 2.24) is 0 Å². The highest BCUT2D eigenvalue weighted by molar-refractivity contribution is 6.39. The summed E-state index contributed by atoms with van der Waals surface area (Å²) in [6, 6.07) is 3.02. The van der Waals surface area contributed by atoms with Crippen LogP contribution >= 0.6 is 23.2 Å². The fourth-order valence-electron chi connectivity index (χ4n) is 0.832. The van der Waals surface area contributed by atoms with E-state index in [2.05, 4.69) is 11.6 Å². The van der Waals surface area contributed by atoms with Crippen molar-refractivity contribution in [2.45, 2.75) is 5.38 Å². The third kappa shape index (κ3) is 2.19. The van der Waals surface area contributed by atoms with Gasteiger partial charge in [0.25, 0.3) is 0 Å². The molecule has 0 atom stereocenters. The molecular weight excluding hydrogens is 240 g/mol. The monoisotopic (exact) mass is 242 g/mol. The van der Waals surface area contributed by atoms with Gasteiger partial charge in [-0.25, -0.2) is 4.39 Å². The zero-order valence-electron chi connectivity index (χ0n) is 6.53. The summed E-state index contributed by atoms with van der Waals surface area (Å²) in [4.78, 5) is 10.9. The Morgan fingerprint density at radius 1 is 1.36 bits per heavy atom. The molecule has 0 aliphatic rings. The van der Waals surface area contributed by atoms with Crippen molar-refractivity contribution in [3.63, 3.8) is 0 Å². The van der Waals surface area contributed by atoms with Gasteiger partial charge < -0.3 is 0 Å². The van der Waals surface area contributed by atoms with Crippen LogP contribution in [0.15, 0.2) is 18.2 Å². The minimum absolute atomic E-state index is 0.633. The van der Waals surface area contributed by atoms with Gasteiger partial charge in [0.2, 0.25) is 5.78 Å².